The van der Waals surface area contributed by atoms with Gasteiger partial charge in [-0.3, -0.25) is 0 Å². The number of nitrogens with one attached hydrogen (secondary N) is 1. The molecule has 2 N–H and O–H groups in total. The van der Waals surface area contributed by atoms with E-state index in [4.69, 9.17) is 5.11 Å². The van der Waals surface area contributed by atoms with E-state index in [1.807, 2.05) is 0 Å². The van der Waals surface area contributed by atoms with Crippen LogP contribution in [0.4, 0.5) is 0 Å². The lowest BCUT2D eigenvalue weighted by atomic mass is 10.1. The van der Waals surface area contributed by atoms with Gasteiger partial charge in [-0.05, 0) is 30.7 Å². The zero-order valence-corrected chi connectivity index (χ0v) is 12.0. The first-order valence-electron chi connectivity index (χ1n) is 5.99. The lowest BCUT2D eigenvalue weighted by Crippen LogP contribution is -2.25. The van der Waals surface area contributed by atoms with E-state index in [1.54, 1.807) is 6.07 Å². The Labute approximate surface area is 121 Å². The molecule has 0 aliphatic carbocycles. The predicted octanol–water partition coefficient (Wildman–Crippen LogP) is 0.962. The van der Waals surface area contributed by atoms with Crippen molar-refractivity contribution in [2.45, 2.75) is 18.4 Å². The van der Waals surface area contributed by atoms with Crippen molar-refractivity contribution < 1.29 is 18.3 Å². The average molecular weight is 307 g/mol. The summed E-state index contributed by atoms with van der Waals surface area (Å²) in [6.45, 7) is 1.46. The molecule has 0 unspecified atom stereocenters. The number of hydrogen-bond donors (Lipinski definition) is 2. The molecule has 0 radical (unpaired) electrons. The van der Waals surface area contributed by atoms with Crippen LogP contribution in [0.15, 0.2) is 41.7 Å². The summed E-state index contributed by atoms with van der Waals surface area (Å²) in [6.07, 6.45) is 2.83. The second-order valence-electron chi connectivity index (χ2n) is 4.26. The minimum Gasteiger partial charge on any atom is -0.478 e. The summed E-state index contributed by atoms with van der Waals surface area (Å²) >= 11 is 0. The van der Waals surface area contributed by atoms with Crippen LogP contribution in [0.5, 0.6) is 0 Å². The fourth-order valence-corrected chi connectivity index (χ4v) is 3.07. The molecule has 8 heteroatoms. The van der Waals surface area contributed by atoms with Crippen LogP contribution in [0.3, 0.4) is 0 Å². The first-order valence-corrected chi connectivity index (χ1v) is 7.47. The Kier molecular flexibility index (Phi) is 4.29. The van der Waals surface area contributed by atoms with Gasteiger partial charge in [-0.15, -0.1) is 0 Å². The number of nitrogens with zero attached hydrogens (tertiary/aromatic N) is 2. The fraction of sp³-hybridized carbons (Fsp3) is 0.154. The third-order valence-electron chi connectivity index (χ3n) is 2.89. The van der Waals surface area contributed by atoms with Gasteiger partial charge in [-0.1, -0.05) is 6.07 Å². The van der Waals surface area contributed by atoms with E-state index in [-0.39, 0.29) is 22.6 Å². The monoisotopic (exact) mass is 307 g/mol. The highest BCUT2D eigenvalue weighted by Gasteiger charge is 2.20. The second kappa shape index (κ2) is 5.98. The maximum absolute atomic E-state index is 12.3. The number of aromatic nitrogens is 2. The molecule has 2 aromatic rings. The average Bonchev–Trinajstić information content (AvgIpc) is 2.46. The summed E-state index contributed by atoms with van der Waals surface area (Å²) in [4.78, 5) is 18.6. The van der Waals surface area contributed by atoms with Crippen LogP contribution >= 0.6 is 0 Å². The highest BCUT2D eigenvalue weighted by atomic mass is 32.2. The minimum atomic E-state index is -3.82. The van der Waals surface area contributed by atoms with E-state index >= 15 is 0 Å². The fourth-order valence-electron chi connectivity index (χ4n) is 1.81. The molecule has 1 aromatic carbocycles. The van der Waals surface area contributed by atoms with Crippen molar-refractivity contribution in [2.75, 3.05) is 0 Å². The van der Waals surface area contributed by atoms with Gasteiger partial charge < -0.3 is 5.11 Å². The number of sulfonamides is 1. The van der Waals surface area contributed by atoms with Crippen LogP contribution in [-0.2, 0) is 16.6 Å². The van der Waals surface area contributed by atoms with Gasteiger partial charge in [0.1, 0.15) is 6.33 Å². The quantitative estimate of drug-likeness (QED) is 0.851. The second-order valence-corrected chi connectivity index (χ2v) is 5.99. The Balaban J connectivity index is 2.28. The van der Waals surface area contributed by atoms with E-state index in [0.717, 1.165) is 0 Å². The number of hydrogen-bond acceptors (Lipinski definition) is 5. The summed E-state index contributed by atoms with van der Waals surface area (Å²) in [5.41, 5.74) is 0.667. The Hall–Kier alpha value is -2.32. The molecule has 0 spiro atoms. The van der Waals surface area contributed by atoms with Gasteiger partial charge in [-0.2, -0.15) is 0 Å². The van der Waals surface area contributed by atoms with Crippen LogP contribution in [-0.4, -0.2) is 29.5 Å². The molecule has 7 nitrogen and oxygen atoms in total. The van der Waals surface area contributed by atoms with E-state index in [9.17, 15) is 13.2 Å². The van der Waals surface area contributed by atoms with Crippen LogP contribution in [0.25, 0.3) is 0 Å². The largest absolute Gasteiger partial charge is 0.478 e. The van der Waals surface area contributed by atoms with Crippen molar-refractivity contribution in [3.8, 4) is 0 Å². The number of carboxylic acid groups (broad SMARTS) is 1. The van der Waals surface area contributed by atoms with E-state index in [2.05, 4.69) is 14.7 Å². The van der Waals surface area contributed by atoms with Gasteiger partial charge in [0.15, 0.2) is 0 Å². The topological polar surface area (TPSA) is 109 Å². The van der Waals surface area contributed by atoms with Crippen LogP contribution < -0.4 is 4.72 Å². The number of benzene rings is 1. The lowest BCUT2D eigenvalue weighted by Gasteiger charge is -2.10. The molecule has 1 heterocycles. The molecular weight excluding hydrogens is 294 g/mol. The maximum atomic E-state index is 12.3. The minimum absolute atomic E-state index is 0.00158. The molecule has 0 saturated carbocycles. The molecule has 2 rings (SSSR count). The van der Waals surface area contributed by atoms with Gasteiger partial charge in [0.05, 0.1) is 22.7 Å². The first-order chi connectivity index (χ1) is 9.92. The van der Waals surface area contributed by atoms with Gasteiger partial charge in [0.2, 0.25) is 10.0 Å². The van der Waals surface area contributed by atoms with Gasteiger partial charge in [-0.25, -0.2) is 27.9 Å². The molecular formula is C13H13N3O4S. The molecule has 0 bridgehead atoms. The van der Waals surface area contributed by atoms with E-state index < -0.39 is 16.0 Å². The van der Waals surface area contributed by atoms with Crippen molar-refractivity contribution >= 4 is 16.0 Å². The molecule has 110 valence electrons. The predicted molar refractivity (Wildman–Crippen MR) is 74.2 cm³/mol. The highest BCUT2D eigenvalue weighted by Crippen LogP contribution is 2.19. The molecule has 0 fully saturated rings. The van der Waals surface area contributed by atoms with Crippen molar-refractivity contribution in [1.29, 1.82) is 0 Å². The van der Waals surface area contributed by atoms with Gasteiger partial charge in [0, 0.05) is 6.20 Å². The van der Waals surface area contributed by atoms with Crippen LogP contribution in [0.1, 0.15) is 21.6 Å². The zero-order chi connectivity index (χ0) is 15.5. The van der Waals surface area contributed by atoms with E-state index in [0.29, 0.717) is 5.69 Å². The SMILES string of the molecule is Cc1c(C(=O)O)cccc1S(=O)(=O)NCc1ccncn1. The van der Waals surface area contributed by atoms with E-state index in [1.165, 1.54) is 37.6 Å². The first kappa shape index (κ1) is 15.1. The van der Waals surface area contributed by atoms with Crippen molar-refractivity contribution in [2.24, 2.45) is 0 Å². The molecule has 0 saturated heterocycles. The summed E-state index contributed by atoms with van der Waals surface area (Å²) in [7, 11) is -3.82. The summed E-state index contributed by atoms with van der Waals surface area (Å²) < 4.78 is 26.9. The Morgan fingerprint density at radius 3 is 2.71 bits per heavy atom. The van der Waals surface area contributed by atoms with Crippen LogP contribution in [0.2, 0.25) is 0 Å². The van der Waals surface area contributed by atoms with Gasteiger partial charge >= 0.3 is 5.97 Å². The Bertz CT molecular complexity index is 760. The highest BCUT2D eigenvalue weighted by molar-refractivity contribution is 7.89. The number of aromatic carboxylic acids is 1. The van der Waals surface area contributed by atoms with Crippen molar-refractivity contribution in [3.63, 3.8) is 0 Å². The number of carbonyl (C=O) groups is 1. The molecule has 1 aromatic heterocycles. The smallest absolute Gasteiger partial charge is 0.335 e. The molecule has 21 heavy (non-hydrogen) atoms. The Morgan fingerprint density at radius 1 is 1.33 bits per heavy atom. The van der Waals surface area contributed by atoms with Crippen molar-refractivity contribution in [1.82, 2.24) is 14.7 Å². The molecule has 0 aliphatic heterocycles. The summed E-state index contributed by atoms with van der Waals surface area (Å²) in [6, 6.07) is 5.71. The van der Waals surface area contributed by atoms with Gasteiger partial charge in [0.25, 0.3) is 0 Å². The zero-order valence-electron chi connectivity index (χ0n) is 11.1. The van der Waals surface area contributed by atoms with Crippen LogP contribution in [0, 0.1) is 6.92 Å². The summed E-state index contributed by atoms with van der Waals surface area (Å²) in [5, 5.41) is 9.03. The summed E-state index contributed by atoms with van der Waals surface area (Å²) in [5.74, 6) is -1.17. The number of rotatable bonds is 5. The molecule has 0 aliphatic rings. The maximum Gasteiger partial charge on any atom is 0.335 e. The standard InChI is InChI=1S/C13H13N3O4S/c1-9-11(13(17)18)3-2-4-12(9)21(19,20)16-7-10-5-6-14-8-15-10/h2-6,8,16H,7H2,1H3,(H,17,18). The molecule has 0 atom stereocenters. The number of carboxylic acids is 1. The Morgan fingerprint density at radius 2 is 2.10 bits per heavy atom. The molecule has 0 amide bonds. The van der Waals surface area contributed by atoms with Crippen molar-refractivity contribution in [3.05, 3.63) is 53.6 Å². The normalized spacial score (nSPS) is 11.3. The lowest BCUT2D eigenvalue weighted by molar-refractivity contribution is 0.0696. The third-order valence-corrected chi connectivity index (χ3v) is 4.44. The third kappa shape index (κ3) is 3.41.